The number of aromatic nitrogens is 2. The Bertz CT molecular complexity index is 899. The molecule has 0 radical (unpaired) electrons. The van der Waals surface area contributed by atoms with Crippen molar-refractivity contribution >= 4 is 40.3 Å². The van der Waals surface area contributed by atoms with Crippen LogP contribution in [0.1, 0.15) is 21.9 Å². The Labute approximate surface area is 172 Å². The molecule has 1 heterocycles. The highest BCUT2D eigenvalue weighted by molar-refractivity contribution is 8.13. The zero-order chi connectivity index (χ0) is 19.2. The van der Waals surface area contributed by atoms with Crippen molar-refractivity contribution in [2.24, 2.45) is 0 Å². The zero-order valence-corrected chi connectivity index (χ0v) is 17.0. The van der Waals surface area contributed by atoms with Gasteiger partial charge < -0.3 is 9.30 Å². The van der Waals surface area contributed by atoms with Gasteiger partial charge in [0.05, 0.1) is 11.6 Å². The molecule has 3 aromatic rings. The number of hydrogen-bond donors (Lipinski definition) is 0. The number of carbonyl (C=O) groups excluding carboxylic acids is 1. The van der Waals surface area contributed by atoms with E-state index in [2.05, 4.69) is 4.98 Å². The van der Waals surface area contributed by atoms with Gasteiger partial charge in [0.25, 0.3) is 0 Å². The SMILES string of the molecule is Cc1ccc(COC(=O)SC(Cn2ccnc2)c2ccc(Cl)cc2Cl)cc1. The first-order valence-electron chi connectivity index (χ1n) is 8.31. The van der Waals surface area contributed by atoms with Crippen molar-refractivity contribution in [3.63, 3.8) is 0 Å². The molecule has 1 atom stereocenters. The minimum atomic E-state index is -0.355. The Morgan fingerprint density at radius 2 is 2.00 bits per heavy atom. The fourth-order valence-corrected chi connectivity index (χ4v) is 4.07. The van der Waals surface area contributed by atoms with Crippen molar-refractivity contribution in [1.82, 2.24) is 9.55 Å². The molecule has 7 heteroatoms. The van der Waals surface area contributed by atoms with Crippen molar-refractivity contribution < 1.29 is 9.53 Å². The van der Waals surface area contributed by atoms with Crippen LogP contribution in [0.5, 0.6) is 0 Å². The van der Waals surface area contributed by atoms with Crippen molar-refractivity contribution in [3.05, 3.63) is 87.9 Å². The van der Waals surface area contributed by atoms with E-state index in [9.17, 15) is 4.79 Å². The van der Waals surface area contributed by atoms with Gasteiger partial charge in [-0.25, -0.2) is 9.78 Å². The minimum Gasteiger partial charge on any atom is -0.453 e. The van der Waals surface area contributed by atoms with Crippen molar-refractivity contribution in [2.45, 2.75) is 25.3 Å². The lowest BCUT2D eigenvalue weighted by Crippen LogP contribution is -2.09. The van der Waals surface area contributed by atoms with E-state index < -0.39 is 0 Å². The molecule has 0 aliphatic rings. The standard InChI is InChI=1S/C20H18Cl2N2O2S/c1-14-2-4-15(5-3-14)12-26-20(25)27-19(11-24-9-8-23-13-24)17-7-6-16(21)10-18(17)22/h2-10,13,19H,11-12H2,1H3. The molecule has 4 nitrogen and oxygen atoms in total. The van der Waals surface area contributed by atoms with Crippen LogP contribution in [0.25, 0.3) is 0 Å². The summed E-state index contributed by atoms with van der Waals surface area (Å²) in [5, 5.41) is 0.490. The second-order valence-electron chi connectivity index (χ2n) is 6.06. The topological polar surface area (TPSA) is 44.1 Å². The monoisotopic (exact) mass is 420 g/mol. The molecule has 1 unspecified atom stereocenters. The van der Waals surface area contributed by atoms with Gasteiger partial charge in [0, 0.05) is 29.0 Å². The second-order valence-corrected chi connectivity index (χ2v) is 8.04. The van der Waals surface area contributed by atoms with Gasteiger partial charge in [-0.1, -0.05) is 59.1 Å². The van der Waals surface area contributed by atoms with E-state index in [1.807, 2.05) is 48.0 Å². The molecule has 0 saturated heterocycles. The molecule has 3 rings (SSSR count). The Balaban J connectivity index is 1.70. The maximum Gasteiger partial charge on any atom is 0.368 e. The lowest BCUT2D eigenvalue weighted by molar-refractivity contribution is 0.168. The number of thioether (sulfide) groups is 1. The van der Waals surface area contributed by atoms with Crippen LogP contribution in [0.2, 0.25) is 10.0 Å². The quantitative estimate of drug-likeness (QED) is 0.438. The summed E-state index contributed by atoms with van der Waals surface area (Å²) in [6.07, 6.45) is 5.24. The highest BCUT2D eigenvalue weighted by Crippen LogP contribution is 2.37. The third-order valence-corrected chi connectivity index (χ3v) is 5.52. The summed E-state index contributed by atoms with van der Waals surface area (Å²) in [6, 6.07) is 13.2. The molecule has 0 bridgehead atoms. The fourth-order valence-electron chi connectivity index (χ4n) is 2.52. The van der Waals surface area contributed by atoms with Crippen molar-refractivity contribution in [2.75, 3.05) is 0 Å². The summed E-state index contributed by atoms with van der Waals surface area (Å²) in [5.41, 5.74) is 2.94. The maximum absolute atomic E-state index is 12.4. The number of aryl methyl sites for hydroxylation is 1. The number of carbonyl (C=O) groups is 1. The number of imidazole rings is 1. The van der Waals surface area contributed by atoms with E-state index >= 15 is 0 Å². The number of nitrogens with zero attached hydrogens (tertiary/aromatic N) is 2. The molecule has 0 fully saturated rings. The third kappa shape index (κ3) is 5.76. The first kappa shape index (κ1) is 19.8. The Hall–Kier alpha value is -1.95. The highest BCUT2D eigenvalue weighted by atomic mass is 35.5. The normalized spacial score (nSPS) is 12.0. The Morgan fingerprint density at radius 3 is 2.67 bits per heavy atom. The molecule has 2 aromatic carbocycles. The first-order chi connectivity index (χ1) is 13.0. The van der Waals surface area contributed by atoms with E-state index in [1.165, 1.54) is 0 Å². The minimum absolute atomic E-state index is 0.227. The summed E-state index contributed by atoms with van der Waals surface area (Å²) >= 11 is 13.5. The van der Waals surface area contributed by atoms with Gasteiger partial charge in [0.15, 0.2) is 0 Å². The molecule has 0 spiro atoms. The average molecular weight is 421 g/mol. The smallest absolute Gasteiger partial charge is 0.368 e. The van der Waals surface area contributed by atoms with Gasteiger partial charge in [-0.2, -0.15) is 0 Å². The third-order valence-electron chi connectivity index (χ3n) is 3.96. The Kier molecular flexibility index (Phi) is 6.83. The fraction of sp³-hybridized carbons (Fsp3) is 0.200. The van der Waals surface area contributed by atoms with Gasteiger partial charge in [-0.3, -0.25) is 0 Å². The van der Waals surface area contributed by atoms with Crippen LogP contribution in [-0.4, -0.2) is 14.9 Å². The Morgan fingerprint density at radius 1 is 1.22 bits per heavy atom. The van der Waals surface area contributed by atoms with E-state index in [0.29, 0.717) is 16.6 Å². The molecule has 27 heavy (non-hydrogen) atoms. The zero-order valence-electron chi connectivity index (χ0n) is 14.6. The maximum atomic E-state index is 12.4. The summed E-state index contributed by atoms with van der Waals surface area (Å²) < 4.78 is 7.33. The number of halogens is 2. The average Bonchev–Trinajstić information content (AvgIpc) is 3.14. The van der Waals surface area contributed by atoms with Crippen LogP contribution < -0.4 is 0 Å². The summed E-state index contributed by atoms with van der Waals surface area (Å²) in [5.74, 6) is 0. The van der Waals surface area contributed by atoms with Crippen molar-refractivity contribution in [3.8, 4) is 0 Å². The lowest BCUT2D eigenvalue weighted by Gasteiger charge is -2.18. The second kappa shape index (κ2) is 9.31. The van der Waals surface area contributed by atoms with E-state index in [4.69, 9.17) is 27.9 Å². The van der Waals surface area contributed by atoms with Crippen LogP contribution in [0.3, 0.4) is 0 Å². The van der Waals surface area contributed by atoms with E-state index in [0.717, 1.165) is 28.5 Å². The molecule has 0 saturated carbocycles. The summed E-state index contributed by atoms with van der Waals surface area (Å²) in [4.78, 5) is 16.5. The lowest BCUT2D eigenvalue weighted by atomic mass is 10.1. The molecule has 0 N–H and O–H groups in total. The van der Waals surface area contributed by atoms with Crippen molar-refractivity contribution in [1.29, 1.82) is 0 Å². The van der Waals surface area contributed by atoms with Gasteiger partial charge in [-0.15, -0.1) is 0 Å². The van der Waals surface area contributed by atoms with Crippen LogP contribution >= 0.6 is 35.0 Å². The number of ether oxygens (including phenoxy) is 1. The largest absolute Gasteiger partial charge is 0.453 e. The van der Waals surface area contributed by atoms with E-state index in [-0.39, 0.29) is 17.2 Å². The molecule has 0 aliphatic heterocycles. The summed E-state index contributed by atoms with van der Waals surface area (Å²) in [6.45, 7) is 2.78. The summed E-state index contributed by atoms with van der Waals surface area (Å²) in [7, 11) is 0. The molecular formula is C20H18Cl2N2O2S. The van der Waals surface area contributed by atoms with E-state index in [1.54, 1.807) is 24.7 Å². The highest BCUT2D eigenvalue weighted by Gasteiger charge is 2.21. The van der Waals surface area contributed by atoms with Crippen LogP contribution in [-0.2, 0) is 17.9 Å². The number of benzene rings is 2. The molecular weight excluding hydrogens is 403 g/mol. The molecule has 0 amide bonds. The molecule has 1 aromatic heterocycles. The number of hydrogen-bond acceptors (Lipinski definition) is 4. The predicted molar refractivity (Wildman–Crippen MR) is 110 cm³/mol. The molecule has 0 aliphatic carbocycles. The van der Waals surface area contributed by atoms with Gasteiger partial charge >= 0.3 is 5.30 Å². The van der Waals surface area contributed by atoms with Crippen LogP contribution in [0, 0.1) is 6.92 Å². The van der Waals surface area contributed by atoms with Gasteiger partial charge in [-0.05, 0) is 41.9 Å². The number of rotatable bonds is 6. The predicted octanol–water partition coefficient (Wildman–Crippen LogP) is 6.31. The first-order valence-corrected chi connectivity index (χ1v) is 9.94. The van der Waals surface area contributed by atoms with Crippen LogP contribution in [0.15, 0.2) is 61.2 Å². The van der Waals surface area contributed by atoms with Gasteiger partial charge in [0.2, 0.25) is 0 Å². The van der Waals surface area contributed by atoms with Gasteiger partial charge in [0.1, 0.15) is 6.61 Å². The van der Waals surface area contributed by atoms with Crippen LogP contribution in [0.4, 0.5) is 4.79 Å². The molecule has 140 valence electrons.